The number of thiophene rings is 1. The maximum Gasteiger partial charge on any atom is 0.0327 e. The largest absolute Gasteiger partial charge is 0.320 e. The van der Waals surface area contributed by atoms with Gasteiger partial charge in [-0.15, -0.1) is 11.3 Å². The lowest BCUT2D eigenvalue weighted by atomic mass is 10.2. The Bertz CT molecular complexity index is 259. The zero-order valence-electron chi connectivity index (χ0n) is 11.2. The molecule has 1 N–H and O–H groups in total. The van der Waals surface area contributed by atoms with E-state index in [0.29, 0.717) is 0 Å². The van der Waals surface area contributed by atoms with Crippen molar-refractivity contribution in [2.24, 2.45) is 0 Å². The fraction of sp³-hybridized carbons (Fsp3) is 0.714. The lowest BCUT2D eigenvalue weighted by molar-refractivity contribution is 0.275. The smallest absolute Gasteiger partial charge is 0.0327 e. The Morgan fingerprint density at radius 1 is 1.24 bits per heavy atom. The van der Waals surface area contributed by atoms with Crippen LogP contribution < -0.4 is 5.32 Å². The normalized spacial score (nSPS) is 11.2. The van der Waals surface area contributed by atoms with E-state index in [9.17, 15) is 0 Å². The molecule has 0 aliphatic rings. The Morgan fingerprint density at radius 3 is 2.71 bits per heavy atom. The van der Waals surface area contributed by atoms with Crippen molar-refractivity contribution in [3.63, 3.8) is 0 Å². The van der Waals surface area contributed by atoms with Gasteiger partial charge in [-0.05, 0) is 51.0 Å². The van der Waals surface area contributed by atoms with Gasteiger partial charge in [0.15, 0.2) is 0 Å². The molecule has 2 nitrogen and oxygen atoms in total. The van der Waals surface area contributed by atoms with Gasteiger partial charge < -0.3 is 5.32 Å². The molecule has 0 bridgehead atoms. The fourth-order valence-corrected chi connectivity index (χ4v) is 2.71. The first-order chi connectivity index (χ1) is 8.36. The Kier molecular flexibility index (Phi) is 8.32. The minimum atomic E-state index is 1.13. The maximum atomic E-state index is 3.20. The molecule has 0 amide bonds. The molecule has 17 heavy (non-hydrogen) atoms. The van der Waals surface area contributed by atoms with Crippen molar-refractivity contribution in [1.29, 1.82) is 0 Å². The molecule has 0 radical (unpaired) electrons. The van der Waals surface area contributed by atoms with Gasteiger partial charge >= 0.3 is 0 Å². The predicted molar refractivity (Wildman–Crippen MR) is 77.7 cm³/mol. The average molecular weight is 254 g/mol. The van der Waals surface area contributed by atoms with E-state index in [-0.39, 0.29) is 0 Å². The van der Waals surface area contributed by atoms with Crippen LogP contribution in [-0.4, -0.2) is 31.6 Å². The van der Waals surface area contributed by atoms with Gasteiger partial charge in [-0.3, -0.25) is 4.90 Å². The van der Waals surface area contributed by atoms with Crippen molar-refractivity contribution in [2.75, 3.05) is 26.7 Å². The number of hydrogen-bond donors (Lipinski definition) is 1. The number of nitrogens with zero attached hydrogens (tertiary/aromatic N) is 1. The second kappa shape index (κ2) is 9.63. The molecule has 0 saturated heterocycles. The van der Waals surface area contributed by atoms with Gasteiger partial charge in [0.2, 0.25) is 0 Å². The summed E-state index contributed by atoms with van der Waals surface area (Å²) in [5.74, 6) is 0. The lowest BCUT2D eigenvalue weighted by Crippen LogP contribution is -2.23. The summed E-state index contributed by atoms with van der Waals surface area (Å²) in [6.45, 7) is 6.95. The highest BCUT2D eigenvalue weighted by atomic mass is 32.1. The standard InChI is InChI=1S/C14H26N2S/c1-3-16(13-14-9-8-12-17-14)11-7-5-4-6-10-15-2/h8-9,12,15H,3-7,10-11,13H2,1-2H3. The molecular weight excluding hydrogens is 228 g/mol. The summed E-state index contributed by atoms with van der Waals surface area (Å²) < 4.78 is 0. The first kappa shape index (κ1) is 14.7. The van der Waals surface area contributed by atoms with Crippen LogP contribution in [0.2, 0.25) is 0 Å². The Morgan fingerprint density at radius 2 is 2.06 bits per heavy atom. The molecular formula is C14H26N2S. The predicted octanol–water partition coefficient (Wildman–Crippen LogP) is 3.35. The molecule has 1 aromatic rings. The number of rotatable bonds is 10. The van der Waals surface area contributed by atoms with Gasteiger partial charge in [-0.1, -0.05) is 25.8 Å². The quantitative estimate of drug-likeness (QED) is 0.644. The molecule has 0 aliphatic heterocycles. The molecule has 0 fully saturated rings. The molecule has 1 rings (SSSR count). The Hall–Kier alpha value is -0.380. The van der Waals surface area contributed by atoms with E-state index in [0.717, 1.165) is 19.6 Å². The van der Waals surface area contributed by atoms with Crippen LogP contribution in [0.5, 0.6) is 0 Å². The number of hydrogen-bond acceptors (Lipinski definition) is 3. The maximum absolute atomic E-state index is 3.20. The van der Waals surface area contributed by atoms with E-state index in [1.165, 1.54) is 37.1 Å². The monoisotopic (exact) mass is 254 g/mol. The van der Waals surface area contributed by atoms with Gasteiger partial charge in [0, 0.05) is 11.4 Å². The number of unbranched alkanes of at least 4 members (excludes halogenated alkanes) is 3. The fourth-order valence-electron chi connectivity index (χ4n) is 1.96. The molecule has 0 saturated carbocycles. The van der Waals surface area contributed by atoms with Gasteiger partial charge in [0.05, 0.1) is 0 Å². The van der Waals surface area contributed by atoms with E-state index in [1.807, 2.05) is 18.4 Å². The van der Waals surface area contributed by atoms with Gasteiger partial charge in [-0.25, -0.2) is 0 Å². The van der Waals surface area contributed by atoms with E-state index in [4.69, 9.17) is 0 Å². The van der Waals surface area contributed by atoms with Crippen molar-refractivity contribution in [3.8, 4) is 0 Å². The van der Waals surface area contributed by atoms with Crippen molar-refractivity contribution < 1.29 is 0 Å². The number of nitrogens with one attached hydrogen (secondary N) is 1. The van der Waals surface area contributed by atoms with Crippen LogP contribution in [0.4, 0.5) is 0 Å². The third kappa shape index (κ3) is 6.81. The van der Waals surface area contributed by atoms with Crippen molar-refractivity contribution >= 4 is 11.3 Å². The first-order valence-electron chi connectivity index (χ1n) is 6.76. The summed E-state index contributed by atoms with van der Waals surface area (Å²) in [7, 11) is 2.03. The molecule has 98 valence electrons. The Labute approximate surface area is 110 Å². The van der Waals surface area contributed by atoms with Crippen molar-refractivity contribution in [2.45, 2.75) is 39.2 Å². The zero-order valence-corrected chi connectivity index (χ0v) is 12.1. The summed E-state index contributed by atoms with van der Waals surface area (Å²) in [6.07, 6.45) is 5.37. The van der Waals surface area contributed by atoms with E-state index in [1.54, 1.807) is 0 Å². The minimum Gasteiger partial charge on any atom is -0.320 e. The van der Waals surface area contributed by atoms with E-state index >= 15 is 0 Å². The van der Waals surface area contributed by atoms with E-state index in [2.05, 4.69) is 34.7 Å². The van der Waals surface area contributed by atoms with Crippen LogP contribution in [0.1, 0.15) is 37.5 Å². The summed E-state index contributed by atoms with van der Waals surface area (Å²) in [6, 6.07) is 4.38. The van der Waals surface area contributed by atoms with E-state index < -0.39 is 0 Å². The van der Waals surface area contributed by atoms with Crippen LogP contribution in [0.25, 0.3) is 0 Å². The van der Waals surface area contributed by atoms with Crippen LogP contribution in [-0.2, 0) is 6.54 Å². The van der Waals surface area contributed by atoms with Crippen LogP contribution in [0.3, 0.4) is 0 Å². The summed E-state index contributed by atoms with van der Waals surface area (Å²) in [5.41, 5.74) is 0. The molecule has 0 atom stereocenters. The van der Waals surface area contributed by atoms with Gasteiger partial charge in [0.25, 0.3) is 0 Å². The highest BCUT2D eigenvalue weighted by Gasteiger charge is 2.03. The highest BCUT2D eigenvalue weighted by Crippen LogP contribution is 2.12. The van der Waals surface area contributed by atoms with Gasteiger partial charge in [-0.2, -0.15) is 0 Å². The van der Waals surface area contributed by atoms with Crippen LogP contribution in [0, 0.1) is 0 Å². The molecule has 0 aromatic carbocycles. The highest BCUT2D eigenvalue weighted by molar-refractivity contribution is 7.09. The summed E-state index contributed by atoms with van der Waals surface area (Å²) in [5, 5.41) is 5.37. The average Bonchev–Trinajstić information content (AvgIpc) is 2.85. The lowest BCUT2D eigenvalue weighted by Gasteiger charge is -2.19. The second-order valence-electron chi connectivity index (χ2n) is 4.47. The van der Waals surface area contributed by atoms with Gasteiger partial charge in [0.1, 0.15) is 0 Å². The topological polar surface area (TPSA) is 15.3 Å². The third-order valence-electron chi connectivity index (χ3n) is 3.06. The van der Waals surface area contributed by atoms with Crippen molar-refractivity contribution in [3.05, 3.63) is 22.4 Å². The summed E-state index contributed by atoms with van der Waals surface area (Å²) in [4.78, 5) is 4.03. The third-order valence-corrected chi connectivity index (χ3v) is 3.92. The molecule has 3 heteroatoms. The molecule has 0 spiro atoms. The SMILES string of the molecule is CCN(CCCCCCNC)Cc1cccs1. The van der Waals surface area contributed by atoms with Crippen LogP contribution in [0.15, 0.2) is 17.5 Å². The van der Waals surface area contributed by atoms with Crippen molar-refractivity contribution in [1.82, 2.24) is 10.2 Å². The summed E-state index contributed by atoms with van der Waals surface area (Å²) >= 11 is 1.87. The molecule has 1 aromatic heterocycles. The Balaban J connectivity index is 2.06. The second-order valence-corrected chi connectivity index (χ2v) is 5.50. The molecule has 0 unspecified atom stereocenters. The minimum absolute atomic E-state index is 1.13. The molecule has 1 heterocycles. The molecule has 0 aliphatic carbocycles. The first-order valence-corrected chi connectivity index (χ1v) is 7.64. The zero-order chi connectivity index (χ0) is 12.3. The van der Waals surface area contributed by atoms with Crippen LogP contribution >= 0.6 is 11.3 Å².